The highest BCUT2D eigenvalue weighted by Gasteiger charge is 2.44. The molecule has 0 saturated carbocycles. The minimum absolute atomic E-state index is 0.175. The lowest BCUT2D eigenvalue weighted by Crippen LogP contribution is -2.60. The summed E-state index contributed by atoms with van der Waals surface area (Å²) in [5.41, 5.74) is 0. The van der Waals surface area contributed by atoms with Gasteiger partial charge in [-0.15, -0.1) is 0 Å². The quantitative estimate of drug-likeness (QED) is 0.0269. The first kappa shape index (κ1) is 50.9. The number of aliphatic hydroxyl groups is 5. The Hall–Kier alpha value is -1.07. The van der Waals surface area contributed by atoms with Gasteiger partial charge < -0.3 is 40.3 Å². The van der Waals surface area contributed by atoms with Crippen molar-refractivity contribution in [3.8, 4) is 0 Å². The molecule has 0 spiro atoms. The van der Waals surface area contributed by atoms with E-state index in [1.807, 2.05) is 6.08 Å². The Bertz CT molecular complexity index is 858. The van der Waals surface area contributed by atoms with E-state index in [-0.39, 0.29) is 12.5 Å². The first-order valence-corrected chi connectivity index (χ1v) is 22.9. The lowest BCUT2D eigenvalue weighted by molar-refractivity contribution is -0.302. The third-order valence-electron chi connectivity index (χ3n) is 11.1. The second-order valence-electron chi connectivity index (χ2n) is 16.2. The summed E-state index contributed by atoms with van der Waals surface area (Å²) in [5, 5.41) is 54.1. The first-order chi connectivity index (χ1) is 26.3. The SMILES string of the molecule is CCCCCCCCCCCCC=CC(O)C(COC1OC(CO)C(O)C(O)C1O)NC(=O)CCCCCCCCCCCCCCCCCCCCC. The minimum atomic E-state index is -1.56. The number of amides is 1. The molecule has 1 amide bonds. The molecule has 0 aromatic carbocycles. The maximum Gasteiger partial charge on any atom is 0.220 e. The van der Waals surface area contributed by atoms with Crippen LogP contribution >= 0.6 is 0 Å². The largest absolute Gasteiger partial charge is 0.394 e. The van der Waals surface area contributed by atoms with Gasteiger partial charge in [0.15, 0.2) is 6.29 Å². The van der Waals surface area contributed by atoms with Crippen molar-refractivity contribution < 1.29 is 39.8 Å². The molecular weight excluding hydrogens is 682 g/mol. The fraction of sp³-hybridized carbons (Fsp3) is 0.933. The number of unbranched alkanes of at least 4 members (excludes halogenated alkanes) is 28. The molecule has 9 heteroatoms. The average Bonchev–Trinajstić information content (AvgIpc) is 3.17. The van der Waals surface area contributed by atoms with Gasteiger partial charge in [-0.05, 0) is 19.3 Å². The highest BCUT2D eigenvalue weighted by molar-refractivity contribution is 5.76. The van der Waals surface area contributed by atoms with E-state index in [1.165, 1.54) is 154 Å². The van der Waals surface area contributed by atoms with Crippen molar-refractivity contribution in [2.75, 3.05) is 13.2 Å². The number of nitrogens with one attached hydrogen (secondary N) is 1. The lowest BCUT2D eigenvalue weighted by atomic mass is 9.99. The fourth-order valence-corrected chi connectivity index (χ4v) is 7.39. The van der Waals surface area contributed by atoms with Gasteiger partial charge in [0.2, 0.25) is 5.91 Å². The van der Waals surface area contributed by atoms with Crippen LogP contribution in [0, 0.1) is 0 Å². The number of rotatable bonds is 38. The number of hydrogen-bond acceptors (Lipinski definition) is 8. The van der Waals surface area contributed by atoms with E-state index >= 15 is 0 Å². The van der Waals surface area contributed by atoms with Crippen molar-refractivity contribution in [1.29, 1.82) is 0 Å². The van der Waals surface area contributed by atoms with Crippen LogP contribution in [0.1, 0.15) is 213 Å². The minimum Gasteiger partial charge on any atom is -0.394 e. The molecule has 6 N–H and O–H groups in total. The topological polar surface area (TPSA) is 149 Å². The van der Waals surface area contributed by atoms with Gasteiger partial charge in [-0.1, -0.05) is 199 Å². The van der Waals surface area contributed by atoms with Crippen molar-refractivity contribution in [3.05, 3.63) is 12.2 Å². The predicted octanol–water partition coefficient (Wildman–Crippen LogP) is 9.34. The Balaban J connectivity index is 2.31. The van der Waals surface area contributed by atoms with Crippen LogP contribution in [0.3, 0.4) is 0 Å². The standard InChI is InChI=1S/C45H87NO8/c1-3-5-7-9-11-13-15-17-18-19-20-21-22-23-25-27-29-31-33-35-41(49)46-38(37-53-45-44(52)43(51)42(50)40(36-47)54-45)39(48)34-32-30-28-26-24-16-14-12-10-8-6-4-2/h32,34,38-40,42-45,47-48,50-52H,3-31,33,35-37H2,1-2H3,(H,46,49). The zero-order chi connectivity index (χ0) is 39.5. The van der Waals surface area contributed by atoms with Gasteiger partial charge in [-0.3, -0.25) is 4.79 Å². The molecule has 1 fully saturated rings. The van der Waals surface area contributed by atoms with Crippen molar-refractivity contribution in [1.82, 2.24) is 5.32 Å². The number of ether oxygens (including phenoxy) is 2. The lowest BCUT2D eigenvalue weighted by Gasteiger charge is -2.40. The van der Waals surface area contributed by atoms with Gasteiger partial charge in [0.05, 0.1) is 25.4 Å². The zero-order valence-electron chi connectivity index (χ0n) is 35.0. The Kier molecular flexibility index (Phi) is 34.2. The third kappa shape index (κ3) is 26.7. The fourth-order valence-electron chi connectivity index (χ4n) is 7.39. The molecular formula is C45H87NO8. The van der Waals surface area contributed by atoms with Crippen LogP contribution in [0.25, 0.3) is 0 Å². The summed E-state index contributed by atoms with van der Waals surface area (Å²) in [5.74, 6) is -0.175. The van der Waals surface area contributed by atoms with Crippen LogP contribution in [-0.2, 0) is 14.3 Å². The second kappa shape index (κ2) is 36.3. The number of aliphatic hydroxyl groups excluding tert-OH is 5. The maximum atomic E-state index is 12.9. The molecule has 7 atom stereocenters. The molecule has 1 saturated heterocycles. The molecule has 0 bridgehead atoms. The molecule has 54 heavy (non-hydrogen) atoms. The van der Waals surface area contributed by atoms with Crippen LogP contribution < -0.4 is 5.32 Å². The maximum absolute atomic E-state index is 12.9. The summed E-state index contributed by atoms with van der Waals surface area (Å²) in [6.45, 7) is 3.77. The van der Waals surface area contributed by atoms with Gasteiger partial charge in [0.1, 0.15) is 24.4 Å². The van der Waals surface area contributed by atoms with Gasteiger partial charge in [-0.25, -0.2) is 0 Å². The van der Waals surface area contributed by atoms with Gasteiger partial charge >= 0.3 is 0 Å². The third-order valence-corrected chi connectivity index (χ3v) is 11.1. The number of allylic oxidation sites excluding steroid dienone is 1. The molecule has 1 aliphatic heterocycles. The Morgan fingerprint density at radius 2 is 1.02 bits per heavy atom. The van der Waals surface area contributed by atoms with E-state index in [1.54, 1.807) is 6.08 Å². The zero-order valence-corrected chi connectivity index (χ0v) is 35.0. The molecule has 7 unspecified atom stereocenters. The normalized spacial score (nSPS) is 21.5. The molecule has 0 aromatic heterocycles. The molecule has 0 aliphatic carbocycles. The van der Waals surface area contributed by atoms with E-state index in [4.69, 9.17) is 9.47 Å². The van der Waals surface area contributed by atoms with Crippen molar-refractivity contribution in [2.24, 2.45) is 0 Å². The molecule has 0 aromatic rings. The van der Waals surface area contributed by atoms with Crippen LogP contribution in [0.4, 0.5) is 0 Å². The van der Waals surface area contributed by atoms with E-state index in [0.29, 0.717) is 6.42 Å². The van der Waals surface area contributed by atoms with E-state index in [9.17, 15) is 30.3 Å². The monoisotopic (exact) mass is 770 g/mol. The predicted molar refractivity (Wildman–Crippen MR) is 221 cm³/mol. The average molecular weight is 770 g/mol. The molecule has 320 valence electrons. The highest BCUT2D eigenvalue weighted by atomic mass is 16.7. The Morgan fingerprint density at radius 3 is 1.44 bits per heavy atom. The van der Waals surface area contributed by atoms with Crippen LogP contribution in [0.5, 0.6) is 0 Å². The number of carbonyl (C=O) groups excluding carboxylic acids is 1. The van der Waals surface area contributed by atoms with E-state index < -0.39 is 49.5 Å². The first-order valence-electron chi connectivity index (χ1n) is 22.9. The van der Waals surface area contributed by atoms with Gasteiger partial charge in [0.25, 0.3) is 0 Å². The van der Waals surface area contributed by atoms with Gasteiger partial charge in [-0.2, -0.15) is 0 Å². The summed E-state index contributed by atoms with van der Waals surface area (Å²) in [4.78, 5) is 12.9. The van der Waals surface area contributed by atoms with Gasteiger partial charge in [0, 0.05) is 6.42 Å². The summed E-state index contributed by atoms with van der Waals surface area (Å²) in [6.07, 6.45) is 34.0. The number of hydrogen-bond donors (Lipinski definition) is 6. The molecule has 1 heterocycles. The second-order valence-corrected chi connectivity index (χ2v) is 16.2. The van der Waals surface area contributed by atoms with Crippen molar-refractivity contribution >= 4 is 5.91 Å². The van der Waals surface area contributed by atoms with Crippen LogP contribution in [-0.4, -0.2) is 87.5 Å². The van der Waals surface area contributed by atoms with Crippen molar-refractivity contribution in [2.45, 2.75) is 256 Å². The van der Waals surface area contributed by atoms with Crippen molar-refractivity contribution in [3.63, 3.8) is 0 Å². The van der Waals surface area contributed by atoms with E-state index in [0.717, 1.165) is 38.5 Å². The van der Waals surface area contributed by atoms with Crippen LogP contribution in [0.15, 0.2) is 12.2 Å². The highest BCUT2D eigenvalue weighted by Crippen LogP contribution is 2.23. The summed E-state index contributed by atoms with van der Waals surface area (Å²) in [6, 6.07) is -0.797. The summed E-state index contributed by atoms with van der Waals surface area (Å²) >= 11 is 0. The van der Waals surface area contributed by atoms with E-state index in [2.05, 4.69) is 19.2 Å². The number of carbonyl (C=O) groups is 1. The molecule has 0 radical (unpaired) electrons. The summed E-state index contributed by atoms with van der Waals surface area (Å²) in [7, 11) is 0. The molecule has 1 aliphatic rings. The Labute approximate surface area is 331 Å². The molecule has 1 rings (SSSR count). The summed E-state index contributed by atoms with van der Waals surface area (Å²) < 4.78 is 11.2. The van der Waals surface area contributed by atoms with Crippen LogP contribution in [0.2, 0.25) is 0 Å². The smallest absolute Gasteiger partial charge is 0.220 e. The molecule has 9 nitrogen and oxygen atoms in total. The Morgan fingerprint density at radius 1 is 0.611 bits per heavy atom.